The summed E-state index contributed by atoms with van der Waals surface area (Å²) in [6.45, 7) is 7.12. The monoisotopic (exact) mass is 477 g/mol. The topological polar surface area (TPSA) is 97.6 Å². The van der Waals surface area contributed by atoms with Crippen molar-refractivity contribution in [2.24, 2.45) is 15.0 Å². The highest BCUT2D eigenvalue weighted by Crippen LogP contribution is 2.31. The Morgan fingerprint density at radius 1 is 1.38 bits per heavy atom. The van der Waals surface area contributed by atoms with Gasteiger partial charge in [-0.2, -0.15) is 18.3 Å². The second-order valence-corrected chi connectivity index (χ2v) is 8.05. The van der Waals surface area contributed by atoms with Crippen LogP contribution >= 0.6 is 0 Å². The van der Waals surface area contributed by atoms with E-state index in [0.29, 0.717) is 37.2 Å². The second-order valence-electron chi connectivity index (χ2n) is 8.05. The minimum Gasteiger partial charge on any atom is -0.366 e. The van der Waals surface area contributed by atoms with E-state index in [1.54, 1.807) is 17.2 Å². The summed E-state index contributed by atoms with van der Waals surface area (Å²) >= 11 is 0. The van der Waals surface area contributed by atoms with Crippen LogP contribution in [0.2, 0.25) is 0 Å². The number of hydrogen-bond acceptors (Lipinski definition) is 8. The van der Waals surface area contributed by atoms with Crippen LogP contribution in [0.15, 0.2) is 51.0 Å². The van der Waals surface area contributed by atoms with Crippen LogP contribution in [0.5, 0.6) is 0 Å². The lowest BCUT2D eigenvalue weighted by Crippen LogP contribution is -2.42. The van der Waals surface area contributed by atoms with Gasteiger partial charge in [0.2, 0.25) is 0 Å². The van der Waals surface area contributed by atoms with Crippen molar-refractivity contribution in [3.8, 4) is 0 Å². The molecular weight excluding hydrogens is 451 g/mol. The third-order valence-electron chi connectivity index (χ3n) is 5.45. The number of halogens is 3. The molecule has 182 valence electrons. The van der Waals surface area contributed by atoms with Gasteiger partial charge in [-0.15, -0.1) is 0 Å². The van der Waals surface area contributed by atoms with Gasteiger partial charge in [-0.3, -0.25) is 20.1 Å². The zero-order valence-electron chi connectivity index (χ0n) is 18.9. The van der Waals surface area contributed by atoms with Crippen molar-refractivity contribution in [2.45, 2.75) is 31.8 Å². The Morgan fingerprint density at radius 3 is 2.91 bits per heavy atom. The van der Waals surface area contributed by atoms with E-state index in [4.69, 9.17) is 9.73 Å². The van der Waals surface area contributed by atoms with E-state index in [1.165, 1.54) is 12.4 Å². The highest BCUT2D eigenvalue weighted by molar-refractivity contribution is 5.93. The molecule has 4 heterocycles. The molecule has 1 fully saturated rings. The molecule has 3 aliphatic heterocycles. The molecule has 1 N–H and O–H groups in total. The van der Waals surface area contributed by atoms with Gasteiger partial charge in [0.25, 0.3) is 0 Å². The molecule has 13 heteroatoms. The number of aliphatic imine (C=N–C) groups is 3. The highest BCUT2D eigenvalue weighted by Gasteiger charge is 2.34. The van der Waals surface area contributed by atoms with E-state index in [1.807, 2.05) is 30.0 Å². The highest BCUT2D eigenvalue weighted by atomic mass is 19.4. The molecule has 2 unspecified atom stereocenters. The smallest absolute Gasteiger partial charge is 0.366 e. The van der Waals surface area contributed by atoms with Gasteiger partial charge in [-0.05, 0) is 19.7 Å². The van der Waals surface area contributed by atoms with E-state index in [0.717, 1.165) is 5.70 Å². The molecule has 1 aromatic rings. The van der Waals surface area contributed by atoms with Crippen LogP contribution in [-0.2, 0) is 4.74 Å². The van der Waals surface area contributed by atoms with Gasteiger partial charge in [0.15, 0.2) is 5.82 Å². The third kappa shape index (κ3) is 5.53. The van der Waals surface area contributed by atoms with E-state index in [-0.39, 0.29) is 24.5 Å². The molecule has 2 atom stereocenters. The summed E-state index contributed by atoms with van der Waals surface area (Å²) in [7, 11) is 1.84. The molecule has 0 aliphatic carbocycles. The summed E-state index contributed by atoms with van der Waals surface area (Å²) in [4.78, 5) is 22.6. The first kappa shape index (κ1) is 23.7. The molecule has 0 radical (unpaired) electrons. The molecule has 0 spiro atoms. The summed E-state index contributed by atoms with van der Waals surface area (Å²) in [6.07, 6.45) is 2.11. The lowest BCUT2D eigenvalue weighted by Gasteiger charge is -2.33. The molecular formula is C21H26F3N9O. The van der Waals surface area contributed by atoms with Gasteiger partial charge in [-0.1, -0.05) is 0 Å². The maximum absolute atomic E-state index is 12.9. The number of alkyl halides is 3. The summed E-state index contributed by atoms with van der Waals surface area (Å²) in [6, 6.07) is 0. The molecule has 1 saturated heterocycles. The summed E-state index contributed by atoms with van der Waals surface area (Å²) in [5.41, 5.74) is 0.716. The van der Waals surface area contributed by atoms with Crippen molar-refractivity contribution in [1.29, 1.82) is 0 Å². The lowest BCUT2D eigenvalue weighted by molar-refractivity contribution is -0.127. The Labute approximate surface area is 194 Å². The Kier molecular flexibility index (Phi) is 6.82. The number of rotatable bonds is 6. The number of nitrogens with one attached hydrogen (secondary N) is 1. The Balaban J connectivity index is 1.51. The van der Waals surface area contributed by atoms with Crippen LogP contribution in [-0.4, -0.2) is 94.3 Å². The summed E-state index contributed by atoms with van der Waals surface area (Å²) in [5.74, 6) is 1.94. The van der Waals surface area contributed by atoms with Crippen molar-refractivity contribution in [3.63, 3.8) is 0 Å². The van der Waals surface area contributed by atoms with Gasteiger partial charge in [0, 0.05) is 38.4 Å². The fourth-order valence-electron chi connectivity index (χ4n) is 3.91. The number of allylic oxidation sites excluding steroid dienone is 1. The molecule has 0 bridgehead atoms. The van der Waals surface area contributed by atoms with Crippen LogP contribution in [0.1, 0.15) is 24.2 Å². The third-order valence-corrected chi connectivity index (χ3v) is 5.45. The number of ether oxygens (including phenoxy) is 1. The lowest BCUT2D eigenvalue weighted by atomic mass is 10.2. The minimum atomic E-state index is -4.33. The molecule has 3 aliphatic rings. The SMILES string of the molecule is C=N/C=C\C(=NCC1=CN(C)C2C=NC(CC(F)(F)F)=CN12)N1CCOC(c2n[nH]c(C)n2)C1. The first-order valence-electron chi connectivity index (χ1n) is 10.7. The fourth-order valence-corrected chi connectivity index (χ4v) is 3.91. The number of aromatic amines is 1. The van der Waals surface area contributed by atoms with Gasteiger partial charge in [0.1, 0.15) is 23.9 Å². The number of H-pyrrole nitrogens is 1. The van der Waals surface area contributed by atoms with Crippen LogP contribution in [0, 0.1) is 6.92 Å². The average Bonchev–Trinajstić information content (AvgIpc) is 3.36. The molecule has 10 nitrogen and oxygen atoms in total. The molecule has 0 amide bonds. The first-order chi connectivity index (χ1) is 16.2. The van der Waals surface area contributed by atoms with Crippen LogP contribution in [0.4, 0.5) is 13.2 Å². The quantitative estimate of drug-likeness (QED) is 0.499. The van der Waals surface area contributed by atoms with Crippen molar-refractivity contribution >= 4 is 18.8 Å². The fraction of sp³-hybridized carbons (Fsp3) is 0.476. The predicted octanol–water partition coefficient (Wildman–Crippen LogP) is 2.39. The Bertz CT molecular complexity index is 1060. The Morgan fingerprint density at radius 2 is 2.21 bits per heavy atom. The van der Waals surface area contributed by atoms with Crippen molar-refractivity contribution in [3.05, 3.63) is 47.7 Å². The van der Waals surface area contributed by atoms with Gasteiger partial charge in [0.05, 0.1) is 37.5 Å². The zero-order chi connectivity index (χ0) is 24.3. The number of morpholine rings is 1. The van der Waals surface area contributed by atoms with E-state index in [2.05, 4.69) is 31.9 Å². The number of hydrogen-bond donors (Lipinski definition) is 1. The van der Waals surface area contributed by atoms with Crippen LogP contribution < -0.4 is 0 Å². The maximum atomic E-state index is 12.9. The van der Waals surface area contributed by atoms with E-state index < -0.39 is 12.6 Å². The van der Waals surface area contributed by atoms with Crippen LogP contribution in [0.25, 0.3) is 0 Å². The zero-order valence-corrected chi connectivity index (χ0v) is 18.9. The minimum absolute atomic E-state index is 0.0391. The van der Waals surface area contributed by atoms with Crippen molar-refractivity contribution < 1.29 is 17.9 Å². The largest absolute Gasteiger partial charge is 0.394 e. The van der Waals surface area contributed by atoms with E-state index in [9.17, 15) is 13.2 Å². The number of amidine groups is 1. The summed E-state index contributed by atoms with van der Waals surface area (Å²) < 4.78 is 44.4. The van der Waals surface area contributed by atoms with Gasteiger partial charge >= 0.3 is 6.18 Å². The number of fused-ring (bicyclic) bond motifs is 1. The number of aromatic nitrogens is 3. The molecule has 34 heavy (non-hydrogen) atoms. The van der Waals surface area contributed by atoms with Crippen molar-refractivity contribution in [1.82, 2.24) is 29.9 Å². The molecule has 0 saturated carbocycles. The van der Waals surface area contributed by atoms with Crippen LogP contribution in [0.3, 0.4) is 0 Å². The predicted molar refractivity (Wildman–Crippen MR) is 121 cm³/mol. The summed E-state index contributed by atoms with van der Waals surface area (Å²) in [5, 5.41) is 7.02. The number of nitrogens with zero attached hydrogens (tertiary/aromatic N) is 8. The second kappa shape index (κ2) is 9.79. The standard InChI is InChI=1S/C21H26F3N9O/c1-14-28-20(30-29-14)17-13-32(6-7-34-17)18(4-5-25-2)27-9-16-12-31(3)19-10-26-15(11-33(16)19)8-21(22,23)24/h4-5,10-12,17,19H,2,6-9,13H2,1,3H3,(H,28,29,30)/b5-4-,27-18?. The van der Waals surface area contributed by atoms with Gasteiger partial charge < -0.3 is 19.4 Å². The average molecular weight is 477 g/mol. The first-order valence-corrected chi connectivity index (χ1v) is 10.7. The maximum Gasteiger partial charge on any atom is 0.394 e. The molecule has 0 aromatic carbocycles. The van der Waals surface area contributed by atoms with Gasteiger partial charge in [-0.25, -0.2) is 4.98 Å². The number of aryl methyl sites for hydroxylation is 1. The Hall–Kier alpha value is -3.48. The van der Waals surface area contributed by atoms with E-state index >= 15 is 0 Å². The molecule has 4 rings (SSSR count). The normalized spacial score (nSPS) is 23.4. The van der Waals surface area contributed by atoms with Crippen molar-refractivity contribution in [2.75, 3.05) is 33.3 Å². The molecule has 1 aromatic heterocycles.